The lowest BCUT2D eigenvalue weighted by atomic mass is 9.71. The summed E-state index contributed by atoms with van der Waals surface area (Å²) in [6.45, 7) is 6.19. The number of carboxylic acids is 1. The summed E-state index contributed by atoms with van der Waals surface area (Å²) in [6, 6.07) is 11.5. The van der Waals surface area contributed by atoms with Crippen molar-refractivity contribution >= 4 is 35.0 Å². The number of hydrogen-bond acceptors (Lipinski definition) is 4. The number of rotatable bonds is 5. The van der Waals surface area contributed by atoms with Crippen molar-refractivity contribution in [3.05, 3.63) is 70.8 Å². The van der Waals surface area contributed by atoms with E-state index in [1.165, 1.54) is 24.0 Å². The number of thioether (sulfide) groups is 1. The van der Waals surface area contributed by atoms with Crippen molar-refractivity contribution in [1.82, 2.24) is 0 Å². The summed E-state index contributed by atoms with van der Waals surface area (Å²) in [5.41, 5.74) is 3.79. The van der Waals surface area contributed by atoms with Crippen molar-refractivity contribution in [1.29, 1.82) is 0 Å². The topological polar surface area (TPSA) is 49.8 Å². The van der Waals surface area contributed by atoms with E-state index in [0.717, 1.165) is 48.1 Å². The first-order valence-corrected chi connectivity index (χ1v) is 12.6. The highest BCUT2D eigenvalue weighted by Crippen LogP contribution is 2.49. The first-order chi connectivity index (χ1) is 15.5. The van der Waals surface area contributed by atoms with Gasteiger partial charge in [0.1, 0.15) is 12.4 Å². The Morgan fingerprint density at radius 2 is 2.12 bits per heavy atom. The summed E-state index contributed by atoms with van der Waals surface area (Å²) >= 11 is 8.27. The average Bonchev–Trinajstić information content (AvgIpc) is 2.92. The van der Waals surface area contributed by atoms with Gasteiger partial charge in [-0.2, -0.15) is 0 Å². The van der Waals surface area contributed by atoms with Crippen molar-refractivity contribution in [2.24, 2.45) is 11.8 Å². The van der Waals surface area contributed by atoms with Gasteiger partial charge >= 0.3 is 5.97 Å². The Bertz CT molecular complexity index is 1060. The fraction of sp³-hybridized carbons (Fsp3) is 0.423. The van der Waals surface area contributed by atoms with Gasteiger partial charge in [-0.3, -0.25) is 0 Å². The molecule has 4 nitrogen and oxygen atoms in total. The van der Waals surface area contributed by atoms with Crippen molar-refractivity contribution in [3.63, 3.8) is 0 Å². The molecule has 5 rings (SSSR count). The highest BCUT2D eigenvalue weighted by Gasteiger charge is 2.44. The summed E-state index contributed by atoms with van der Waals surface area (Å²) in [4.78, 5) is 14.1. The second kappa shape index (κ2) is 8.68. The van der Waals surface area contributed by atoms with E-state index in [0.29, 0.717) is 24.0 Å². The number of aryl methyl sites for hydroxylation is 1. The van der Waals surface area contributed by atoms with Crippen LogP contribution in [0.1, 0.15) is 40.7 Å². The molecule has 1 aliphatic carbocycles. The van der Waals surface area contributed by atoms with E-state index in [9.17, 15) is 9.90 Å². The molecule has 0 amide bonds. The van der Waals surface area contributed by atoms with Gasteiger partial charge in [0.15, 0.2) is 0 Å². The minimum absolute atomic E-state index is 0.210. The van der Waals surface area contributed by atoms with E-state index >= 15 is 0 Å². The van der Waals surface area contributed by atoms with Crippen molar-refractivity contribution in [2.45, 2.75) is 30.4 Å². The molecule has 32 heavy (non-hydrogen) atoms. The molecule has 6 heteroatoms. The summed E-state index contributed by atoms with van der Waals surface area (Å²) in [5, 5.41) is 10.4. The van der Waals surface area contributed by atoms with Gasteiger partial charge < -0.3 is 14.7 Å². The third-order valence-corrected chi connectivity index (χ3v) is 8.92. The number of halogens is 1. The molecule has 0 saturated heterocycles. The Morgan fingerprint density at radius 1 is 1.28 bits per heavy atom. The maximum Gasteiger partial charge on any atom is 0.335 e. The lowest BCUT2D eigenvalue weighted by Gasteiger charge is -2.44. The normalized spacial score (nSPS) is 26.3. The molecule has 2 aromatic rings. The van der Waals surface area contributed by atoms with Gasteiger partial charge in [0.05, 0.1) is 16.0 Å². The molecule has 1 saturated carbocycles. The van der Waals surface area contributed by atoms with Gasteiger partial charge in [0, 0.05) is 18.1 Å². The zero-order valence-electron chi connectivity index (χ0n) is 18.1. The van der Waals surface area contributed by atoms with Crippen molar-refractivity contribution in [2.75, 3.05) is 30.3 Å². The smallest absolute Gasteiger partial charge is 0.335 e. The summed E-state index contributed by atoms with van der Waals surface area (Å²) in [5.74, 6) is 2.12. The Morgan fingerprint density at radius 3 is 2.88 bits per heavy atom. The fourth-order valence-corrected chi connectivity index (χ4v) is 7.05. The molecule has 168 valence electrons. The fourth-order valence-electron chi connectivity index (χ4n) is 5.40. The number of carboxylic acid groups (broad SMARTS) is 1. The number of allylic oxidation sites excluding steroid dienone is 1. The number of aromatic carboxylic acids is 1. The summed E-state index contributed by atoms with van der Waals surface area (Å²) in [7, 11) is 0. The van der Waals surface area contributed by atoms with Gasteiger partial charge in [-0.15, -0.1) is 18.3 Å². The number of hydrogen-bond donors (Lipinski definition) is 1. The third kappa shape index (κ3) is 3.90. The number of fused-ring (bicyclic) bond motifs is 3. The van der Waals surface area contributed by atoms with E-state index in [1.54, 1.807) is 12.1 Å². The maximum atomic E-state index is 11.7. The first-order valence-electron chi connectivity index (χ1n) is 11.3. The Labute approximate surface area is 198 Å². The van der Waals surface area contributed by atoms with Crippen LogP contribution in [0.25, 0.3) is 0 Å². The van der Waals surface area contributed by atoms with E-state index in [2.05, 4.69) is 23.6 Å². The van der Waals surface area contributed by atoms with Gasteiger partial charge in [-0.1, -0.05) is 23.7 Å². The number of carbonyl (C=O) groups is 1. The Kier molecular flexibility index (Phi) is 5.89. The maximum absolute atomic E-state index is 11.7. The van der Waals surface area contributed by atoms with E-state index in [-0.39, 0.29) is 4.75 Å². The largest absolute Gasteiger partial charge is 0.490 e. The van der Waals surface area contributed by atoms with E-state index in [4.69, 9.17) is 16.3 Å². The van der Waals surface area contributed by atoms with Crippen LogP contribution in [0, 0.1) is 11.8 Å². The number of benzene rings is 2. The molecule has 2 heterocycles. The second-order valence-electron chi connectivity index (χ2n) is 9.17. The van der Waals surface area contributed by atoms with Gasteiger partial charge in [0.25, 0.3) is 0 Å². The van der Waals surface area contributed by atoms with Crippen LogP contribution in [-0.2, 0) is 11.2 Å². The summed E-state index contributed by atoms with van der Waals surface area (Å²) < 4.78 is 6.19. The first kappa shape index (κ1) is 21.7. The van der Waals surface area contributed by atoms with Crippen LogP contribution in [0.5, 0.6) is 5.75 Å². The van der Waals surface area contributed by atoms with E-state index in [1.807, 2.05) is 30.0 Å². The predicted molar refractivity (Wildman–Crippen MR) is 131 cm³/mol. The predicted octanol–water partition coefficient (Wildman–Crippen LogP) is 6.02. The molecule has 1 spiro atoms. The molecule has 1 N–H and O–H groups in total. The molecule has 3 aliphatic rings. The molecule has 0 radical (unpaired) electrons. The van der Waals surface area contributed by atoms with Gasteiger partial charge in [-0.05, 0) is 84.7 Å². The molecular formula is C26H28ClNO3S. The van der Waals surface area contributed by atoms with Crippen LogP contribution in [0.15, 0.2) is 49.1 Å². The number of nitrogens with zero attached hydrogens (tertiary/aromatic N) is 1. The number of ether oxygens (including phenoxy) is 1. The molecular weight excluding hydrogens is 442 g/mol. The summed E-state index contributed by atoms with van der Waals surface area (Å²) in [6.07, 6.45) is 6.51. The lowest BCUT2D eigenvalue weighted by molar-refractivity contribution is 0.0697. The SMILES string of the molecule is C=CC[C@@H]1CCC1CN1C[C@]2(COc3ccc(C(=O)O)cc31)SCCc1cc(Cl)ccc12. The third-order valence-electron chi connectivity index (χ3n) is 7.26. The molecule has 0 aromatic heterocycles. The van der Waals surface area contributed by atoms with Crippen LogP contribution in [0.4, 0.5) is 5.69 Å². The van der Waals surface area contributed by atoms with Crippen molar-refractivity contribution < 1.29 is 14.6 Å². The molecule has 1 fully saturated rings. The zero-order valence-corrected chi connectivity index (χ0v) is 19.6. The minimum Gasteiger partial charge on any atom is -0.490 e. The van der Waals surface area contributed by atoms with Crippen LogP contribution in [0.2, 0.25) is 5.02 Å². The highest BCUT2D eigenvalue weighted by molar-refractivity contribution is 8.00. The molecule has 2 aromatic carbocycles. The van der Waals surface area contributed by atoms with Gasteiger partial charge in [0.2, 0.25) is 0 Å². The monoisotopic (exact) mass is 469 g/mol. The molecule has 3 atom stereocenters. The zero-order chi connectivity index (χ0) is 22.3. The van der Waals surface area contributed by atoms with Crippen LogP contribution < -0.4 is 9.64 Å². The van der Waals surface area contributed by atoms with Gasteiger partial charge in [-0.25, -0.2) is 4.79 Å². The van der Waals surface area contributed by atoms with Crippen molar-refractivity contribution in [3.8, 4) is 5.75 Å². The standard InChI is InChI=1S/C26H28ClNO3S/c1-2-3-17-4-5-20(17)14-28-15-26(22-8-7-21(27)12-18(22)10-11-32-26)16-31-24-9-6-19(25(29)30)13-23(24)28/h2,6-9,12-13,17,20H,1,3-5,10-11,14-16H2,(H,29,30)/t17-,20?,26-/m1/s1. The lowest BCUT2D eigenvalue weighted by Crippen LogP contribution is -2.46. The van der Waals surface area contributed by atoms with Crippen LogP contribution in [0.3, 0.4) is 0 Å². The molecule has 0 bridgehead atoms. The molecule has 2 aliphatic heterocycles. The second-order valence-corrected chi connectivity index (χ2v) is 11.1. The average molecular weight is 470 g/mol. The van der Waals surface area contributed by atoms with Crippen LogP contribution >= 0.6 is 23.4 Å². The minimum atomic E-state index is -0.910. The van der Waals surface area contributed by atoms with E-state index < -0.39 is 5.97 Å². The quantitative estimate of drug-likeness (QED) is 0.542. The highest BCUT2D eigenvalue weighted by atomic mass is 35.5. The van der Waals surface area contributed by atoms with Crippen LogP contribution in [-0.4, -0.2) is 36.5 Å². The number of anilines is 1. The Balaban J connectivity index is 1.55. The Hall–Kier alpha value is -2.11. The molecule has 1 unspecified atom stereocenters.